The van der Waals surface area contributed by atoms with E-state index in [4.69, 9.17) is 14.2 Å². The molecule has 0 saturated carbocycles. The Labute approximate surface area is 146 Å². The van der Waals surface area contributed by atoms with Crippen LogP contribution in [0.2, 0.25) is 0 Å². The van der Waals surface area contributed by atoms with Crippen LogP contribution in [0.25, 0.3) is 0 Å². The van der Waals surface area contributed by atoms with Crippen molar-refractivity contribution in [3.8, 4) is 11.5 Å². The number of carbonyl (C=O) groups is 2. The average molecular weight is 343 g/mol. The van der Waals surface area contributed by atoms with Gasteiger partial charge in [0.1, 0.15) is 0 Å². The molecule has 0 aliphatic heterocycles. The highest BCUT2D eigenvalue weighted by atomic mass is 16.5. The summed E-state index contributed by atoms with van der Waals surface area (Å²) in [6, 6.07) is 12.0. The smallest absolute Gasteiger partial charge is 0.310 e. The van der Waals surface area contributed by atoms with E-state index < -0.39 is 0 Å². The summed E-state index contributed by atoms with van der Waals surface area (Å²) in [5.74, 6) is 0.506. The van der Waals surface area contributed by atoms with Gasteiger partial charge in [-0.15, -0.1) is 0 Å². The van der Waals surface area contributed by atoms with Crippen LogP contribution >= 0.6 is 0 Å². The first-order valence-electron chi connectivity index (χ1n) is 7.85. The normalized spacial score (nSPS) is 10.0. The van der Waals surface area contributed by atoms with Crippen LogP contribution in [-0.2, 0) is 16.0 Å². The molecule has 6 nitrogen and oxygen atoms in total. The van der Waals surface area contributed by atoms with Crippen LogP contribution in [0.1, 0.15) is 22.8 Å². The summed E-state index contributed by atoms with van der Waals surface area (Å²) in [6.07, 6.45) is 0.206. The lowest BCUT2D eigenvalue weighted by molar-refractivity contribution is -0.142. The average Bonchev–Trinajstić information content (AvgIpc) is 2.62. The molecule has 0 bridgehead atoms. The third kappa shape index (κ3) is 4.97. The molecule has 0 unspecified atom stereocenters. The van der Waals surface area contributed by atoms with E-state index in [-0.39, 0.29) is 18.3 Å². The maximum atomic E-state index is 12.3. The van der Waals surface area contributed by atoms with Crippen LogP contribution in [0.5, 0.6) is 11.5 Å². The fourth-order valence-electron chi connectivity index (χ4n) is 2.27. The number of rotatable bonds is 7. The van der Waals surface area contributed by atoms with Gasteiger partial charge in [0.25, 0.3) is 5.91 Å². The Kier molecular flexibility index (Phi) is 6.39. The molecule has 25 heavy (non-hydrogen) atoms. The largest absolute Gasteiger partial charge is 0.493 e. The molecule has 0 fully saturated rings. The molecule has 0 saturated heterocycles. The summed E-state index contributed by atoms with van der Waals surface area (Å²) in [4.78, 5) is 23.8. The Bertz CT molecular complexity index is 740. The van der Waals surface area contributed by atoms with Gasteiger partial charge in [-0.1, -0.05) is 12.1 Å². The van der Waals surface area contributed by atoms with E-state index in [1.54, 1.807) is 49.4 Å². The monoisotopic (exact) mass is 343 g/mol. The van der Waals surface area contributed by atoms with Crippen LogP contribution in [-0.4, -0.2) is 32.7 Å². The minimum Gasteiger partial charge on any atom is -0.493 e. The van der Waals surface area contributed by atoms with E-state index in [9.17, 15) is 9.59 Å². The van der Waals surface area contributed by atoms with Crippen molar-refractivity contribution in [3.63, 3.8) is 0 Å². The van der Waals surface area contributed by atoms with Crippen LogP contribution in [0, 0.1) is 0 Å². The second kappa shape index (κ2) is 8.73. The van der Waals surface area contributed by atoms with Crippen LogP contribution in [0.4, 0.5) is 5.69 Å². The zero-order chi connectivity index (χ0) is 18.2. The molecular weight excluding hydrogens is 322 g/mol. The SMILES string of the molecule is CCOC(=O)Cc1ccc(NC(=O)c2ccc(OC)c(OC)c2)cc1. The first kappa shape index (κ1) is 18.3. The molecule has 1 amide bonds. The van der Waals surface area contributed by atoms with Gasteiger partial charge in [-0.25, -0.2) is 0 Å². The molecule has 0 aromatic heterocycles. The summed E-state index contributed by atoms with van der Waals surface area (Å²) < 4.78 is 15.3. The number of hydrogen-bond acceptors (Lipinski definition) is 5. The van der Waals surface area contributed by atoms with Crippen molar-refractivity contribution in [3.05, 3.63) is 53.6 Å². The topological polar surface area (TPSA) is 73.9 Å². The van der Waals surface area contributed by atoms with Gasteiger partial charge in [-0.05, 0) is 42.8 Å². The van der Waals surface area contributed by atoms with E-state index in [0.717, 1.165) is 5.56 Å². The number of benzene rings is 2. The number of hydrogen-bond donors (Lipinski definition) is 1. The summed E-state index contributed by atoms with van der Waals surface area (Å²) in [5.41, 5.74) is 1.91. The highest BCUT2D eigenvalue weighted by Crippen LogP contribution is 2.27. The second-order valence-corrected chi connectivity index (χ2v) is 5.20. The highest BCUT2D eigenvalue weighted by molar-refractivity contribution is 6.04. The molecule has 0 aliphatic rings. The number of nitrogens with one attached hydrogen (secondary N) is 1. The lowest BCUT2D eigenvalue weighted by Gasteiger charge is -2.10. The van der Waals surface area contributed by atoms with Crippen molar-refractivity contribution in [1.82, 2.24) is 0 Å². The maximum Gasteiger partial charge on any atom is 0.310 e. The zero-order valence-corrected chi connectivity index (χ0v) is 14.5. The van der Waals surface area contributed by atoms with Crippen molar-refractivity contribution in [2.45, 2.75) is 13.3 Å². The quantitative estimate of drug-likeness (QED) is 0.782. The fraction of sp³-hybridized carbons (Fsp3) is 0.263. The van der Waals surface area contributed by atoms with E-state index in [1.165, 1.54) is 14.2 Å². The second-order valence-electron chi connectivity index (χ2n) is 5.20. The minimum absolute atomic E-state index is 0.206. The molecule has 0 spiro atoms. The Hall–Kier alpha value is -3.02. The van der Waals surface area contributed by atoms with Gasteiger partial charge in [0.15, 0.2) is 11.5 Å². The van der Waals surface area contributed by atoms with Gasteiger partial charge >= 0.3 is 5.97 Å². The van der Waals surface area contributed by atoms with Gasteiger partial charge in [0, 0.05) is 11.3 Å². The van der Waals surface area contributed by atoms with Gasteiger partial charge in [-0.2, -0.15) is 0 Å². The van der Waals surface area contributed by atoms with Gasteiger partial charge in [-0.3, -0.25) is 9.59 Å². The summed E-state index contributed by atoms with van der Waals surface area (Å²) >= 11 is 0. The first-order valence-corrected chi connectivity index (χ1v) is 7.85. The predicted octanol–water partition coefficient (Wildman–Crippen LogP) is 3.06. The molecule has 0 heterocycles. The standard InChI is InChI=1S/C19H21NO5/c1-4-25-18(21)11-13-5-8-15(9-6-13)20-19(22)14-7-10-16(23-2)17(12-14)24-3/h5-10,12H,4,11H2,1-3H3,(H,20,22). The summed E-state index contributed by atoms with van der Waals surface area (Å²) in [5, 5.41) is 2.80. The minimum atomic E-state index is -0.274. The van der Waals surface area contributed by atoms with Crippen LogP contribution in [0.3, 0.4) is 0 Å². The van der Waals surface area contributed by atoms with Gasteiger partial charge in [0.05, 0.1) is 27.2 Å². The van der Waals surface area contributed by atoms with Crippen LogP contribution in [0.15, 0.2) is 42.5 Å². The highest BCUT2D eigenvalue weighted by Gasteiger charge is 2.11. The molecule has 6 heteroatoms. The molecule has 0 aliphatic carbocycles. The number of carbonyl (C=O) groups excluding carboxylic acids is 2. The number of methoxy groups -OCH3 is 2. The van der Waals surface area contributed by atoms with Gasteiger partial charge in [0.2, 0.25) is 0 Å². The van der Waals surface area contributed by atoms with Crippen molar-refractivity contribution < 1.29 is 23.8 Å². The summed E-state index contributed by atoms with van der Waals surface area (Å²) in [6.45, 7) is 2.13. The Morgan fingerprint density at radius 2 is 1.64 bits per heavy atom. The zero-order valence-electron chi connectivity index (χ0n) is 14.5. The van der Waals surface area contributed by atoms with Crippen molar-refractivity contribution in [1.29, 1.82) is 0 Å². The molecule has 0 radical (unpaired) electrons. The van der Waals surface area contributed by atoms with E-state index in [2.05, 4.69) is 5.32 Å². The number of amides is 1. The Balaban J connectivity index is 2.04. The third-order valence-corrected chi connectivity index (χ3v) is 3.51. The van der Waals surface area contributed by atoms with E-state index in [1.807, 2.05) is 0 Å². The molecular formula is C19H21NO5. The van der Waals surface area contributed by atoms with Crippen molar-refractivity contribution >= 4 is 17.6 Å². The fourth-order valence-corrected chi connectivity index (χ4v) is 2.27. The van der Waals surface area contributed by atoms with E-state index in [0.29, 0.717) is 29.4 Å². The van der Waals surface area contributed by atoms with Gasteiger partial charge < -0.3 is 19.5 Å². The first-order chi connectivity index (χ1) is 12.1. The van der Waals surface area contributed by atoms with Crippen LogP contribution < -0.4 is 14.8 Å². The molecule has 2 rings (SSSR count). The number of ether oxygens (including phenoxy) is 3. The molecule has 132 valence electrons. The number of esters is 1. The summed E-state index contributed by atoms with van der Waals surface area (Å²) in [7, 11) is 3.05. The van der Waals surface area contributed by atoms with Crippen molar-refractivity contribution in [2.75, 3.05) is 26.1 Å². The lowest BCUT2D eigenvalue weighted by atomic mass is 10.1. The lowest BCUT2D eigenvalue weighted by Crippen LogP contribution is -2.12. The Morgan fingerprint density at radius 3 is 2.24 bits per heavy atom. The van der Waals surface area contributed by atoms with Crippen molar-refractivity contribution in [2.24, 2.45) is 0 Å². The number of anilines is 1. The molecule has 2 aromatic carbocycles. The third-order valence-electron chi connectivity index (χ3n) is 3.51. The Morgan fingerprint density at radius 1 is 0.960 bits per heavy atom. The van der Waals surface area contributed by atoms with E-state index >= 15 is 0 Å². The predicted molar refractivity (Wildman–Crippen MR) is 94.3 cm³/mol. The molecule has 2 aromatic rings. The molecule has 1 N–H and O–H groups in total. The molecule has 0 atom stereocenters. The maximum absolute atomic E-state index is 12.3.